The van der Waals surface area contributed by atoms with Gasteiger partial charge in [-0.05, 0) is 56.7 Å². The maximum Gasteiger partial charge on any atom is 0.251 e. The Balaban J connectivity index is 2.71. The van der Waals surface area contributed by atoms with Crippen LogP contribution in [0.3, 0.4) is 0 Å². The van der Waals surface area contributed by atoms with Crippen LogP contribution in [0.4, 0.5) is 4.39 Å². The summed E-state index contributed by atoms with van der Waals surface area (Å²) in [5, 5.41) is 18.8. The third-order valence-corrected chi connectivity index (χ3v) is 3.72. The van der Waals surface area contributed by atoms with Crippen molar-refractivity contribution in [3.05, 3.63) is 59.7 Å². The molecule has 28 heavy (non-hydrogen) atoms. The second-order valence-corrected chi connectivity index (χ2v) is 5.87. The average molecular weight is 382 g/mol. The number of hydrogen-bond acceptors (Lipinski definition) is 5. The number of amides is 1. The van der Waals surface area contributed by atoms with Crippen LogP contribution in [0.15, 0.2) is 52.7 Å². The van der Waals surface area contributed by atoms with Gasteiger partial charge in [0, 0.05) is 23.2 Å². The maximum absolute atomic E-state index is 13.5. The minimum atomic E-state index is -0.659. The lowest BCUT2D eigenvalue weighted by atomic mass is 10.0. The highest BCUT2D eigenvalue weighted by Gasteiger charge is 2.16. The molecule has 0 radical (unpaired) electrons. The van der Waals surface area contributed by atoms with Crippen molar-refractivity contribution in [3.8, 4) is 6.07 Å². The highest BCUT2D eigenvalue weighted by Crippen LogP contribution is 2.11. The zero-order valence-corrected chi connectivity index (χ0v) is 15.7. The first-order valence-electron chi connectivity index (χ1n) is 8.57. The lowest BCUT2D eigenvalue weighted by Crippen LogP contribution is -2.38. The Morgan fingerprint density at radius 1 is 1.46 bits per heavy atom. The molecule has 0 fully saturated rings. The van der Waals surface area contributed by atoms with Gasteiger partial charge in [-0.2, -0.15) is 5.26 Å². The molecule has 0 spiro atoms. The first-order valence-corrected chi connectivity index (χ1v) is 8.57. The minimum Gasteiger partial charge on any atom is -0.405 e. The predicted molar refractivity (Wildman–Crippen MR) is 109 cm³/mol. The van der Waals surface area contributed by atoms with Gasteiger partial charge in [0.15, 0.2) is 0 Å². The summed E-state index contributed by atoms with van der Waals surface area (Å²) < 4.78 is 13.5. The van der Waals surface area contributed by atoms with Crippen LogP contribution in [-0.4, -0.2) is 30.2 Å². The van der Waals surface area contributed by atoms with Crippen LogP contribution in [0.1, 0.15) is 42.1 Å². The molecule has 4 N–H and O–H groups in total. The van der Waals surface area contributed by atoms with Crippen LogP contribution in [0.2, 0.25) is 0 Å². The van der Waals surface area contributed by atoms with E-state index >= 15 is 0 Å². The fourth-order valence-corrected chi connectivity index (χ4v) is 2.36. The molecule has 0 heterocycles. The first kappa shape index (κ1) is 22.4. The van der Waals surface area contributed by atoms with Crippen molar-refractivity contribution in [1.82, 2.24) is 5.32 Å². The Bertz CT molecular complexity index is 851. The van der Waals surface area contributed by atoms with Gasteiger partial charge in [-0.1, -0.05) is 6.58 Å². The van der Waals surface area contributed by atoms with E-state index in [9.17, 15) is 9.18 Å². The molecule has 0 bridgehead atoms. The molecule has 146 valence electrons. The van der Waals surface area contributed by atoms with Gasteiger partial charge in [0.2, 0.25) is 0 Å². The Morgan fingerprint density at radius 2 is 2.21 bits per heavy atom. The van der Waals surface area contributed by atoms with Crippen molar-refractivity contribution in [1.29, 1.82) is 10.7 Å². The summed E-state index contributed by atoms with van der Waals surface area (Å²) in [6.45, 7) is 5.56. The normalized spacial score (nSPS) is 12.7. The molecule has 1 atom stereocenters. The molecular formula is C20H23FN6O. The Hall–Kier alpha value is -3.60. The number of nitrogens with zero attached hydrogens (tertiary/aromatic N) is 3. The average Bonchev–Trinajstić information content (AvgIpc) is 2.66. The smallest absolute Gasteiger partial charge is 0.251 e. The molecule has 0 saturated heterocycles. The first-order chi connectivity index (χ1) is 13.4. The molecule has 7 nitrogen and oxygen atoms in total. The summed E-state index contributed by atoms with van der Waals surface area (Å²) in [6, 6.07) is 4.78. The van der Waals surface area contributed by atoms with Crippen molar-refractivity contribution in [2.45, 2.75) is 32.2 Å². The third kappa shape index (κ3) is 7.74. The van der Waals surface area contributed by atoms with E-state index in [2.05, 4.69) is 21.9 Å². The molecule has 0 aromatic heterocycles. The lowest BCUT2D eigenvalue weighted by Gasteiger charge is -2.16. The van der Waals surface area contributed by atoms with Gasteiger partial charge in [0.25, 0.3) is 5.91 Å². The molecule has 0 saturated carbocycles. The van der Waals surface area contributed by atoms with Crippen LogP contribution in [0.25, 0.3) is 0 Å². The molecule has 1 aromatic rings. The standard InChI is InChI=1S/C20H23FN6O/c1-14(25-8-4-7-22)5-3-6-19(26-13-24)15(2)27-20(28)17-9-16(12-23)10-18(21)11-17/h4,7-11,13,15,24H,1,3,5-6,22H2,2H3,(H,27,28)/b7-4-,24-13?,25-8?,26-19?/t15-/m0/s1. The summed E-state index contributed by atoms with van der Waals surface area (Å²) in [5.74, 6) is -1.18. The van der Waals surface area contributed by atoms with E-state index in [4.69, 9.17) is 16.4 Å². The number of carbonyl (C=O) groups is 1. The summed E-state index contributed by atoms with van der Waals surface area (Å²) in [7, 11) is 0. The van der Waals surface area contributed by atoms with E-state index in [1.807, 2.05) is 6.07 Å². The molecule has 1 rings (SSSR count). The van der Waals surface area contributed by atoms with Gasteiger partial charge in [0.1, 0.15) is 12.2 Å². The van der Waals surface area contributed by atoms with Crippen LogP contribution >= 0.6 is 0 Å². The second-order valence-electron chi connectivity index (χ2n) is 5.87. The Labute approximate surface area is 163 Å². The summed E-state index contributed by atoms with van der Waals surface area (Å²) in [5.41, 5.74) is 6.60. The Morgan fingerprint density at radius 3 is 2.86 bits per heavy atom. The summed E-state index contributed by atoms with van der Waals surface area (Å²) >= 11 is 0. The van der Waals surface area contributed by atoms with Gasteiger partial charge in [0.05, 0.1) is 17.7 Å². The molecule has 1 aromatic carbocycles. The fraction of sp³-hybridized carbons (Fsp3) is 0.250. The molecule has 0 aliphatic heterocycles. The summed E-state index contributed by atoms with van der Waals surface area (Å²) in [6.07, 6.45) is 7.23. The number of rotatable bonds is 10. The number of nitrogens with two attached hydrogens (primary N) is 1. The van der Waals surface area contributed by atoms with E-state index in [1.54, 1.807) is 19.2 Å². The largest absolute Gasteiger partial charge is 0.405 e. The quantitative estimate of drug-likeness (QED) is 0.425. The number of nitriles is 1. The van der Waals surface area contributed by atoms with Crippen LogP contribution in [-0.2, 0) is 0 Å². The molecule has 0 unspecified atom stereocenters. The lowest BCUT2D eigenvalue weighted by molar-refractivity contribution is 0.0948. The highest BCUT2D eigenvalue weighted by molar-refractivity contribution is 6.00. The number of nitrogens with one attached hydrogen (secondary N) is 2. The molecule has 0 aliphatic carbocycles. The van der Waals surface area contributed by atoms with E-state index < -0.39 is 17.8 Å². The zero-order chi connectivity index (χ0) is 20.9. The van der Waals surface area contributed by atoms with E-state index in [-0.39, 0.29) is 11.1 Å². The topological polar surface area (TPSA) is 127 Å². The maximum atomic E-state index is 13.5. The van der Waals surface area contributed by atoms with E-state index in [0.29, 0.717) is 30.7 Å². The number of allylic oxidation sites excluding steroid dienone is 2. The van der Waals surface area contributed by atoms with Gasteiger partial charge >= 0.3 is 0 Å². The number of hydrogen-bond donors (Lipinski definition) is 3. The molecule has 0 aliphatic rings. The third-order valence-electron chi connectivity index (χ3n) is 3.72. The van der Waals surface area contributed by atoms with Crippen molar-refractivity contribution in [2.24, 2.45) is 15.7 Å². The summed E-state index contributed by atoms with van der Waals surface area (Å²) in [4.78, 5) is 20.5. The zero-order valence-electron chi connectivity index (χ0n) is 15.7. The number of carbonyl (C=O) groups excluding carboxylic acids is 1. The molecule has 8 heteroatoms. The molecule has 1 amide bonds. The number of aliphatic imine (C=N–C) groups is 2. The highest BCUT2D eigenvalue weighted by atomic mass is 19.1. The van der Waals surface area contributed by atoms with Gasteiger partial charge in [-0.3, -0.25) is 15.2 Å². The van der Waals surface area contributed by atoms with Gasteiger partial charge in [-0.15, -0.1) is 0 Å². The van der Waals surface area contributed by atoms with Gasteiger partial charge in [-0.25, -0.2) is 9.38 Å². The minimum absolute atomic E-state index is 0.0493. The van der Waals surface area contributed by atoms with Gasteiger partial charge < -0.3 is 11.1 Å². The van der Waals surface area contributed by atoms with E-state index in [1.165, 1.54) is 12.3 Å². The second kappa shape index (κ2) is 11.9. The van der Waals surface area contributed by atoms with Crippen LogP contribution in [0, 0.1) is 22.6 Å². The predicted octanol–water partition coefficient (Wildman–Crippen LogP) is 3.09. The van der Waals surface area contributed by atoms with Crippen LogP contribution < -0.4 is 11.1 Å². The number of halogens is 1. The number of benzene rings is 1. The van der Waals surface area contributed by atoms with Crippen molar-refractivity contribution in [3.63, 3.8) is 0 Å². The van der Waals surface area contributed by atoms with Crippen LogP contribution in [0.5, 0.6) is 0 Å². The molecular weight excluding hydrogens is 359 g/mol. The van der Waals surface area contributed by atoms with Crippen molar-refractivity contribution < 1.29 is 9.18 Å². The fourth-order valence-electron chi connectivity index (χ4n) is 2.36. The SMILES string of the molecule is C=C(CCCC(=NC=N)[C@H](C)NC(=O)c1cc(F)cc(C#N)c1)N=C/C=C\N. The Kier molecular flexibility index (Phi) is 9.54. The van der Waals surface area contributed by atoms with Crippen molar-refractivity contribution in [2.75, 3.05) is 0 Å². The van der Waals surface area contributed by atoms with Crippen molar-refractivity contribution >= 4 is 24.2 Å². The van der Waals surface area contributed by atoms with E-state index in [0.717, 1.165) is 18.5 Å². The monoisotopic (exact) mass is 382 g/mol.